The van der Waals surface area contributed by atoms with Crippen LogP contribution in [0.5, 0.6) is 5.75 Å². The second-order valence-corrected chi connectivity index (χ2v) is 15.7. The maximum Gasteiger partial charge on any atom is 0.243 e. The largest absolute Gasteiger partial charge is 0.497 e. The van der Waals surface area contributed by atoms with Crippen LogP contribution in [-0.2, 0) is 31.3 Å². The Balaban J connectivity index is 1.50. The number of hydrogen-bond acceptors (Lipinski definition) is 6. The highest BCUT2D eigenvalue weighted by molar-refractivity contribution is 7.89. The van der Waals surface area contributed by atoms with Crippen LogP contribution < -0.4 is 4.74 Å². The van der Waals surface area contributed by atoms with Crippen LogP contribution in [0.1, 0.15) is 54.1 Å². The SMILES string of the molecule is CCc1ccc(C2CC(=O)[C@@H]3CN(S(=O)(=O)c4ccccc4)[C@H](c4ccc(OC)cc4)C[C@@H]3N2S(=O)(=O)c2ccc(C)cc2)cc1. The molecule has 10 heteroatoms. The molecule has 0 saturated carbocycles. The molecular formula is C36H38N2O6S2. The fourth-order valence-electron chi connectivity index (χ4n) is 6.75. The Labute approximate surface area is 271 Å². The number of methoxy groups -OCH3 is 1. The quantitative estimate of drug-likeness (QED) is 0.227. The summed E-state index contributed by atoms with van der Waals surface area (Å²) in [6, 6.07) is 27.5. The summed E-state index contributed by atoms with van der Waals surface area (Å²) in [5, 5.41) is 0. The Hall–Kier alpha value is -3.83. The van der Waals surface area contributed by atoms with Crippen molar-refractivity contribution in [1.29, 1.82) is 0 Å². The Morgan fingerprint density at radius 2 is 1.33 bits per heavy atom. The van der Waals surface area contributed by atoms with E-state index in [1.807, 2.05) is 43.3 Å². The third kappa shape index (κ3) is 5.90. The number of carbonyl (C=O) groups excluding carboxylic acids is 1. The number of nitrogens with zero attached hydrogens (tertiary/aromatic N) is 2. The van der Waals surface area contributed by atoms with Gasteiger partial charge in [0.25, 0.3) is 0 Å². The first-order chi connectivity index (χ1) is 22.0. The lowest BCUT2D eigenvalue weighted by atomic mass is 9.77. The number of piperidine rings is 2. The lowest BCUT2D eigenvalue weighted by Crippen LogP contribution is -2.60. The first kappa shape index (κ1) is 32.1. The zero-order valence-corrected chi connectivity index (χ0v) is 27.7. The van der Waals surface area contributed by atoms with Crippen LogP contribution in [-0.4, -0.2) is 50.9 Å². The molecule has 2 heterocycles. The predicted molar refractivity (Wildman–Crippen MR) is 176 cm³/mol. The molecule has 0 N–H and O–H groups in total. The minimum absolute atomic E-state index is 0.0514. The second kappa shape index (κ2) is 12.8. The summed E-state index contributed by atoms with van der Waals surface area (Å²) in [5.74, 6) is -0.382. The van der Waals surface area contributed by atoms with Gasteiger partial charge < -0.3 is 4.74 Å². The van der Waals surface area contributed by atoms with Gasteiger partial charge in [-0.25, -0.2) is 16.8 Å². The van der Waals surface area contributed by atoms with E-state index in [1.165, 1.54) is 8.61 Å². The highest BCUT2D eigenvalue weighted by Gasteiger charge is 2.54. The minimum atomic E-state index is -4.11. The van der Waals surface area contributed by atoms with E-state index in [4.69, 9.17) is 4.74 Å². The number of ether oxygens (including phenoxy) is 1. The van der Waals surface area contributed by atoms with Crippen LogP contribution in [0.25, 0.3) is 0 Å². The van der Waals surface area contributed by atoms with Crippen molar-refractivity contribution in [2.24, 2.45) is 5.92 Å². The topological polar surface area (TPSA) is 101 Å². The summed E-state index contributed by atoms with van der Waals surface area (Å²) in [4.78, 5) is 14.3. The number of sulfonamides is 2. The van der Waals surface area contributed by atoms with Crippen LogP contribution in [0.3, 0.4) is 0 Å². The molecule has 2 aliphatic rings. The number of aryl methyl sites for hydroxylation is 2. The second-order valence-electron chi connectivity index (χ2n) is 12.0. The molecule has 0 radical (unpaired) electrons. The van der Waals surface area contributed by atoms with Crippen molar-refractivity contribution in [3.63, 3.8) is 0 Å². The first-order valence-electron chi connectivity index (χ1n) is 15.5. The van der Waals surface area contributed by atoms with Crippen molar-refractivity contribution in [1.82, 2.24) is 8.61 Å². The predicted octanol–water partition coefficient (Wildman–Crippen LogP) is 6.09. The summed E-state index contributed by atoms with van der Waals surface area (Å²) in [6.45, 7) is 3.81. The summed E-state index contributed by atoms with van der Waals surface area (Å²) in [5.41, 5.74) is 3.46. The lowest BCUT2D eigenvalue weighted by Gasteiger charge is -2.51. The van der Waals surface area contributed by atoms with E-state index < -0.39 is 44.1 Å². The fraction of sp³-hybridized carbons (Fsp3) is 0.306. The first-order valence-corrected chi connectivity index (χ1v) is 18.3. The third-order valence-electron chi connectivity index (χ3n) is 9.32. The fourth-order valence-corrected chi connectivity index (χ4v) is 10.3. The van der Waals surface area contributed by atoms with Crippen molar-refractivity contribution < 1.29 is 26.4 Å². The van der Waals surface area contributed by atoms with E-state index >= 15 is 0 Å². The molecule has 4 aromatic rings. The van der Waals surface area contributed by atoms with Crippen molar-refractivity contribution in [3.8, 4) is 5.75 Å². The Morgan fingerprint density at radius 1 is 0.739 bits per heavy atom. The Bertz CT molecular complexity index is 1910. The standard InChI is InChI=1S/C36H38N2O6S2/c1-4-26-12-14-28(15-13-26)34-23-36(39)32-24-37(45(40,41)30-8-6-5-7-9-30)33(27-16-18-29(44-3)19-17-27)22-35(32)38(34)46(42,43)31-20-10-25(2)11-21-31/h5-21,32-35H,4,22-24H2,1-3H3/t32-,33+,34?,35+/m1/s1. The van der Waals surface area contributed by atoms with Crippen LogP contribution in [0.4, 0.5) is 0 Å². The van der Waals surface area contributed by atoms with Crippen molar-refractivity contribution in [2.75, 3.05) is 13.7 Å². The van der Waals surface area contributed by atoms with Gasteiger partial charge in [-0.05, 0) is 72.9 Å². The zero-order chi connectivity index (χ0) is 32.6. The Kier molecular flexibility index (Phi) is 8.91. The summed E-state index contributed by atoms with van der Waals surface area (Å²) in [6.07, 6.45) is 0.878. The van der Waals surface area contributed by atoms with Crippen molar-refractivity contribution in [3.05, 3.63) is 125 Å². The lowest BCUT2D eigenvalue weighted by molar-refractivity contribution is -0.132. The summed E-state index contributed by atoms with van der Waals surface area (Å²) in [7, 11) is -6.61. The highest BCUT2D eigenvalue weighted by Crippen LogP contribution is 2.48. The van der Waals surface area contributed by atoms with Crippen molar-refractivity contribution in [2.45, 2.75) is 61.0 Å². The Morgan fingerprint density at radius 3 is 1.93 bits per heavy atom. The van der Waals surface area contributed by atoms with Gasteiger partial charge in [0.1, 0.15) is 11.5 Å². The number of hydrogen-bond donors (Lipinski definition) is 0. The highest BCUT2D eigenvalue weighted by atomic mass is 32.2. The van der Waals surface area contributed by atoms with E-state index in [0.29, 0.717) is 11.3 Å². The molecule has 2 saturated heterocycles. The van der Waals surface area contributed by atoms with Gasteiger partial charge in [0, 0.05) is 24.9 Å². The van der Waals surface area contributed by atoms with E-state index in [-0.39, 0.29) is 35.0 Å². The minimum Gasteiger partial charge on any atom is -0.497 e. The molecule has 0 aliphatic carbocycles. The number of Topliss-reactive ketones (excluding diaryl/α,β-unsaturated/α-hetero) is 1. The molecule has 0 amide bonds. The molecule has 6 rings (SSSR count). The number of fused-ring (bicyclic) bond motifs is 1. The molecule has 4 aromatic carbocycles. The molecule has 46 heavy (non-hydrogen) atoms. The van der Waals surface area contributed by atoms with Gasteiger partial charge in [0.15, 0.2) is 0 Å². The number of ketones is 1. The van der Waals surface area contributed by atoms with Crippen LogP contribution in [0.2, 0.25) is 0 Å². The molecule has 0 bridgehead atoms. The van der Waals surface area contributed by atoms with Gasteiger partial charge in [-0.15, -0.1) is 0 Å². The van der Waals surface area contributed by atoms with Crippen molar-refractivity contribution >= 4 is 25.8 Å². The molecule has 1 unspecified atom stereocenters. The van der Waals surface area contributed by atoms with Crippen LogP contribution in [0.15, 0.2) is 113 Å². The van der Waals surface area contributed by atoms with Crippen LogP contribution >= 0.6 is 0 Å². The zero-order valence-electron chi connectivity index (χ0n) is 26.1. The summed E-state index contributed by atoms with van der Waals surface area (Å²) >= 11 is 0. The average molecular weight is 659 g/mol. The third-order valence-corrected chi connectivity index (χ3v) is 13.2. The molecule has 0 spiro atoms. The maximum absolute atomic E-state index is 14.7. The van der Waals surface area contributed by atoms with E-state index in [1.54, 1.807) is 73.8 Å². The van der Waals surface area contributed by atoms with Gasteiger partial charge in [-0.3, -0.25) is 4.79 Å². The van der Waals surface area contributed by atoms with Gasteiger partial charge in [-0.2, -0.15) is 8.61 Å². The smallest absolute Gasteiger partial charge is 0.243 e. The van der Waals surface area contributed by atoms with Crippen LogP contribution in [0, 0.1) is 12.8 Å². The molecular weight excluding hydrogens is 621 g/mol. The van der Waals surface area contributed by atoms with E-state index in [0.717, 1.165) is 23.1 Å². The van der Waals surface area contributed by atoms with Gasteiger partial charge in [-0.1, -0.05) is 79.2 Å². The maximum atomic E-state index is 14.7. The summed E-state index contributed by atoms with van der Waals surface area (Å²) < 4.78 is 66.0. The number of rotatable bonds is 8. The normalized spacial score (nSPS) is 22.7. The molecule has 0 aromatic heterocycles. The molecule has 4 atom stereocenters. The molecule has 240 valence electrons. The van der Waals surface area contributed by atoms with E-state index in [9.17, 15) is 21.6 Å². The monoisotopic (exact) mass is 658 g/mol. The molecule has 2 fully saturated rings. The number of benzene rings is 4. The average Bonchev–Trinajstić information content (AvgIpc) is 3.08. The molecule has 2 aliphatic heterocycles. The van der Waals surface area contributed by atoms with Gasteiger partial charge in [0.2, 0.25) is 20.0 Å². The van der Waals surface area contributed by atoms with Gasteiger partial charge >= 0.3 is 0 Å². The number of carbonyl (C=O) groups is 1. The van der Waals surface area contributed by atoms with Gasteiger partial charge in [0.05, 0.1) is 29.0 Å². The molecule has 8 nitrogen and oxygen atoms in total. The van der Waals surface area contributed by atoms with E-state index in [2.05, 4.69) is 6.92 Å².